The van der Waals surface area contributed by atoms with E-state index in [-0.39, 0.29) is 5.15 Å². The number of fused-ring (bicyclic) bond motifs is 1. The van der Waals surface area contributed by atoms with Gasteiger partial charge in [-0.1, -0.05) is 47.6 Å². The molecule has 0 aliphatic rings. The van der Waals surface area contributed by atoms with E-state index in [1.807, 2.05) is 24.3 Å². The summed E-state index contributed by atoms with van der Waals surface area (Å²) in [5.41, 5.74) is 0.739. The van der Waals surface area contributed by atoms with E-state index in [9.17, 15) is 9.90 Å². The topological polar surface area (TPSA) is 76.0 Å². The molecule has 1 N–H and O–H groups in total. The Morgan fingerprint density at radius 3 is 2.61 bits per heavy atom. The van der Waals surface area contributed by atoms with Gasteiger partial charge in [0, 0.05) is 11.6 Å². The van der Waals surface area contributed by atoms with Crippen LogP contribution in [-0.4, -0.2) is 32.3 Å². The van der Waals surface area contributed by atoms with Crippen molar-refractivity contribution in [2.24, 2.45) is 0 Å². The Hall–Kier alpha value is -2.18. The number of nitrogens with zero attached hydrogens (tertiary/aromatic N) is 3. The molecule has 2 heterocycles. The molecule has 3 aromatic rings. The van der Waals surface area contributed by atoms with Gasteiger partial charge in [0.2, 0.25) is 0 Å². The van der Waals surface area contributed by atoms with Crippen molar-refractivity contribution < 1.29 is 9.90 Å². The first-order valence-electron chi connectivity index (χ1n) is 6.74. The fourth-order valence-electron chi connectivity index (χ4n) is 2.32. The van der Waals surface area contributed by atoms with Crippen LogP contribution < -0.4 is 0 Å². The average molecular weight is 346 g/mol. The highest BCUT2D eigenvalue weighted by molar-refractivity contribution is 7.98. The van der Waals surface area contributed by atoms with Crippen LogP contribution in [-0.2, 0) is 4.79 Å². The Morgan fingerprint density at radius 2 is 1.91 bits per heavy atom. The molecule has 0 aliphatic heterocycles. The lowest BCUT2D eigenvalue weighted by Gasteiger charge is -2.13. The fourth-order valence-corrected chi connectivity index (χ4v) is 2.94. The summed E-state index contributed by atoms with van der Waals surface area (Å²) in [7, 11) is 0. The zero-order valence-corrected chi connectivity index (χ0v) is 13.7. The van der Waals surface area contributed by atoms with Crippen LogP contribution in [0.15, 0.2) is 47.8 Å². The van der Waals surface area contributed by atoms with Crippen molar-refractivity contribution in [1.29, 1.82) is 0 Å². The standard InChI is InChI=1S/C16H12ClN3O2S/c1-23-16-19-12(7-13(17)20-16)14(15(21)22)11-6-9-4-2-3-5-10(9)8-18-11/h2-8,14H,1H3,(H,21,22). The number of rotatable bonds is 4. The van der Waals surface area contributed by atoms with Gasteiger partial charge >= 0.3 is 5.97 Å². The Morgan fingerprint density at radius 1 is 1.17 bits per heavy atom. The van der Waals surface area contributed by atoms with Crippen molar-refractivity contribution in [2.45, 2.75) is 11.1 Å². The molecule has 0 saturated carbocycles. The Kier molecular flexibility index (Phi) is 4.45. The molecule has 1 unspecified atom stereocenters. The van der Waals surface area contributed by atoms with Gasteiger partial charge < -0.3 is 5.11 Å². The Balaban J connectivity index is 2.14. The van der Waals surface area contributed by atoms with Gasteiger partial charge in [0.05, 0.1) is 11.4 Å². The van der Waals surface area contributed by atoms with Crippen LogP contribution in [0.3, 0.4) is 0 Å². The smallest absolute Gasteiger partial charge is 0.318 e. The molecule has 0 aliphatic carbocycles. The van der Waals surface area contributed by atoms with Crippen molar-refractivity contribution in [3.63, 3.8) is 0 Å². The fraction of sp³-hybridized carbons (Fsp3) is 0.125. The van der Waals surface area contributed by atoms with Crippen LogP contribution >= 0.6 is 23.4 Å². The molecule has 3 rings (SSSR count). The summed E-state index contributed by atoms with van der Waals surface area (Å²) in [5, 5.41) is 12.2. The van der Waals surface area contributed by atoms with Gasteiger partial charge in [-0.05, 0) is 23.8 Å². The maximum absolute atomic E-state index is 11.8. The maximum atomic E-state index is 11.8. The van der Waals surface area contributed by atoms with E-state index in [1.54, 1.807) is 18.5 Å². The molecule has 1 aromatic carbocycles. The van der Waals surface area contributed by atoms with Crippen LogP contribution in [0.4, 0.5) is 0 Å². The molecule has 2 aromatic heterocycles. The molecule has 0 saturated heterocycles. The monoisotopic (exact) mass is 345 g/mol. The molecule has 116 valence electrons. The Bertz CT molecular complexity index is 888. The van der Waals surface area contributed by atoms with Gasteiger partial charge in [0.1, 0.15) is 11.1 Å². The number of carboxylic acid groups (broad SMARTS) is 1. The SMILES string of the molecule is CSc1nc(Cl)cc(C(C(=O)O)c2cc3ccccc3cn2)n1. The van der Waals surface area contributed by atoms with Gasteiger partial charge in [0.25, 0.3) is 0 Å². The van der Waals surface area contributed by atoms with E-state index in [0.717, 1.165) is 10.8 Å². The number of benzene rings is 1. The predicted molar refractivity (Wildman–Crippen MR) is 90.0 cm³/mol. The zero-order valence-electron chi connectivity index (χ0n) is 12.1. The molecule has 0 fully saturated rings. The molecule has 7 heteroatoms. The second-order valence-corrected chi connectivity index (χ2v) is 5.99. The third-order valence-corrected chi connectivity index (χ3v) is 4.11. The first kappa shape index (κ1) is 15.7. The van der Waals surface area contributed by atoms with Crippen molar-refractivity contribution in [2.75, 3.05) is 6.26 Å². The lowest BCUT2D eigenvalue weighted by atomic mass is 9.99. The highest BCUT2D eigenvalue weighted by atomic mass is 35.5. The van der Waals surface area contributed by atoms with Crippen molar-refractivity contribution in [3.05, 3.63) is 59.1 Å². The maximum Gasteiger partial charge on any atom is 0.318 e. The predicted octanol–water partition coefficient (Wildman–Crippen LogP) is 3.62. The van der Waals surface area contributed by atoms with E-state index in [2.05, 4.69) is 15.0 Å². The number of carboxylic acids is 1. The molecule has 0 radical (unpaired) electrons. The van der Waals surface area contributed by atoms with Gasteiger partial charge in [-0.15, -0.1) is 0 Å². The number of aromatic nitrogens is 3. The summed E-state index contributed by atoms with van der Waals surface area (Å²) >= 11 is 7.29. The normalized spacial score (nSPS) is 12.3. The second-order valence-electron chi connectivity index (χ2n) is 4.83. The summed E-state index contributed by atoms with van der Waals surface area (Å²) in [5.74, 6) is -2.03. The summed E-state index contributed by atoms with van der Waals surface area (Å²) in [6, 6.07) is 10.9. The summed E-state index contributed by atoms with van der Waals surface area (Å²) in [4.78, 5) is 24.4. The third-order valence-electron chi connectivity index (χ3n) is 3.37. The van der Waals surface area contributed by atoms with E-state index >= 15 is 0 Å². The van der Waals surface area contributed by atoms with Crippen LogP contribution in [0, 0.1) is 0 Å². The van der Waals surface area contributed by atoms with Crippen molar-refractivity contribution in [3.8, 4) is 0 Å². The van der Waals surface area contributed by atoms with Gasteiger partial charge in [-0.3, -0.25) is 9.78 Å². The summed E-state index contributed by atoms with van der Waals surface area (Å²) in [6.45, 7) is 0. The highest BCUT2D eigenvalue weighted by Crippen LogP contribution is 2.27. The highest BCUT2D eigenvalue weighted by Gasteiger charge is 2.26. The van der Waals surface area contributed by atoms with Gasteiger partial charge in [-0.25, -0.2) is 9.97 Å². The summed E-state index contributed by atoms with van der Waals surface area (Å²) < 4.78 is 0. The first-order valence-corrected chi connectivity index (χ1v) is 8.34. The van der Waals surface area contributed by atoms with Crippen molar-refractivity contribution in [1.82, 2.24) is 15.0 Å². The largest absolute Gasteiger partial charge is 0.480 e. The molecule has 1 atom stereocenters. The molecular formula is C16H12ClN3O2S. The van der Waals surface area contributed by atoms with Crippen molar-refractivity contribution >= 4 is 40.1 Å². The lowest BCUT2D eigenvalue weighted by molar-refractivity contribution is -0.137. The van der Waals surface area contributed by atoms with Crippen LogP contribution in [0.5, 0.6) is 0 Å². The number of hydrogen-bond donors (Lipinski definition) is 1. The van der Waals surface area contributed by atoms with E-state index in [4.69, 9.17) is 11.6 Å². The molecule has 0 amide bonds. The number of halogens is 1. The quantitative estimate of drug-likeness (QED) is 0.442. The minimum Gasteiger partial charge on any atom is -0.480 e. The van der Waals surface area contributed by atoms with Gasteiger partial charge in [-0.2, -0.15) is 0 Å². The van der Waals surface area contributed by atoms with Crippen LogP contribution in [0.25, 0.3) is 10.8 Å². The third kappa shape index (κ3) is 3.28. The van der Waals surface area contributed by atoms with Crippen LogP contribution in [0.2, 0.25) is 5.15 Å². The minimum atomic E-state index is -1.03. The van der Waals surface area contributed by atoms with Crippen LogP contribution in [0.1, 0.15) is 17.3 Å². The van der Waals surface area contributed by atoms with E-state index in [0.29, 0.717) is 16.5 Å². The molecule has 0 bridgehead atoms. The van der Waals surface area contributed by atoms with E-state index in [1.165, 1.54) is 17.8 Å². The number of pyridine rings is 1. The summed E-state index contributed by atoms with van der Waals surface area (Å²) in [6.07, 6.45) is 3.47. The molecule has 5 nitrogen and oxygen atoms in total. The van der Waals surface area contributed by atoms with E-state index < -0.39 is 11.9 Å². The minimum absolute atomic E-state index is 0.214. The first-order chi connectivity index (χ1) is 11.1. The number of carbonyl (C=O) groups is 1. The lowest BCUT2D eigenvalue weighted by Crippen LogP contribution is -2.16. The second kappa shape index (κ2) is 6.52. The molecule has 0 spiro atoms. The number of thioether (sulfide) groups is 1. The van der Waals surface area contributed by atoms with Gasteiger partial charge in [0.15, 0.2) is 5.16 Å². The number of aliphatic carboxylic acids is 1. The molecule has 23 heavy (non-hydrogen) atoms. The average Bonchev–Trinajstić information content (AvgIpc) is 2.54. The molecular weight excluding hydrogens is 334 g/mol. The zero-order chi connectivity index (χ0) is 16.4. The Labute approximate surface area is 141 Å². The number of hydrogen-bond acceptors (Lipinski definition) is 5.